The molecular formula is C16H20N4O2S. The van der Waals surface area contributed by atoms with E-state index in [1.165, 1.54) is 11.5 Å². The number of hydrogen-bond donors (Lipinski definition) is 1. The summed E-state index contributed by atoms with van der Waals surface area (Å²) < 4.78 is 9.50. The minimum absolute atomic E-state index is 0.133. The van der Waals surface area contributed by atoms with Crippen molar-refractivity contribution in [3.8, 4) is 0 Å². The molecule has 2 heterocycles. The first-order chi connectivity index (χ1) is 11.2. The summed E-state index contributed by atoms with van der Waals surface area (Å²) in [5.41, 5.74) is 1.01. The highest BCUT2D eigenvalue weighted by Crippen LogP contribution is 2.21. The molecule has 3 rings (SSSR count). The third-order valence-electron chi connectivity index (χ3n) is 3.81. The number of benzene rings is 1. The zero-order valence-corrected chi connectivity index (χ0v) is 13.9. The molecular weight excluding hydrogens is 312 g/mol. The maximum Gasteiger partial charge on any atom is 0.232 e. The van der Waals surface area contributed by atoms with Crippen LogP contribution < -0.4 is 5.32 Å². The van der Waals surface area contributed by atoms with Crippen molar-refractivity contribution in [2.45, 2.75) is 12.8 Å². The molecule has 1 aliphatic heterocycles. The number of anilines is 1. The van der Waals surface area contributed by atoms with Gasteiger partial charge in [-0.15, -0.1) is 0 Å². The second-order valence-electron chi connectivity index (χ2n) is 5.43. The topological polar surface area (TPSA) is 67.4 Å². The van der Waals surface area contributed by atoms with Crippen molar-refractivity contribution in [2.75, 3.05) is 38.2 Å². The van der Waals surface area contributed by atoms with E-state index in [1.54, 1.807) is 0 Å². The lowest BCUT2D eigenvalue weighted by molar-refractivity contribution is -0.136. The van der Waals surface area contributed by atoms with E-state index in [1.807, 2.05) is 42.2 Å². The van der Waals surface area contributed by atoms with Crippen molar-refractivity contribution >= 4 is 22.6 Å². The van der Waals surface area contributed by atoms with Crippen LogP contribution in [-0.4, -0.2) is 53.0 Å². The molecule has 1 fully saturated rings. The van der Waals surface area contributed by atoms with E-state index in [0.29, 0.717) is 32.8 Å². The van der Waals surface area contributed by atoms with Gasteiger partial charge < -0.3 is 15.0 Å². The average molecular weight is 332 g/mol. The maximum absolute atomic E-state index is 12.9. The molecule has 1 aliphatic rings. The van der Waals surface area contributed by atoms with Crippen LogP contribution in [0, 0.1) is 6.92 Å². The van der Waals surface area contributed by atoms with Gasteiger partial charge in [0.25, 0.3) is 0 Å². The molecule has 1 aromatic heterocycles. The Hall–Kier alpha value is -1.99. The van der Waals surface area contributed by atoms with Gasteiger partial charge in [-0.3, -0.25) is 4.79 Å². The van der Waals surface area contributed by atoms with Crippen molar-refractivity contribution < 1.29 is 9.53 Å². The maximum atomic E-state index is 12.9. The highest BCUT2D eigenvalue weighted by Gasteiger charge is 2.27. The van der Waals surface area contributed by atoms with Gasteiger partial charge in [0.05, 0.1) is 19.1 Å². The predicted molar refractivity (Wildman–Crippen MR) is 89.7 cm³/mol. The van der Waals surface area contributed by atoms with Crippen molar-refractivity contribution in [1.29, 1.82) is 0 Å². The molecule has 0 aliphatic carbocycles. The van der Waals surface area contributed by atoms with Crippen LogP contribution in [0.1, 0.15) is 17.3 Å². The minimum atomic E-state index is -0.237. The second-order valence-corrected chi connectivity index (χ2v) is 6.18. The molecule has 1 saturated heterocycles. The molecule has 1 N–H and O–H groups in total. The van der Waals surface area contributed by atoms with E-state index in [9.17, 15) is 4.79 Å². The van der Waals surface area contributed by atoms with Crippen LogP contribution in [0.4, 0.5) is 5.13 Å². The number of amides is 1. The van der Waals surface area contributed by atoms with Gasteiger partial charge in [-0.05, 0) is 12.5 Å². The lowest BCUT2D eigenvalue weighted by Crippen LogP contribution is -2.44. The molecule has 0 unspecified atom stereocenters. The molecule has 0 bridgehead atoms. The molecule has 2 aromatic rings. The largest absolute Gasteiger partial charge is 0.378 e. The third-order valence-corrected chi connectivity index (χ3v) is 4.57. The third kappa shape index (κ3) is 4.05. The number of morpholine rings is 1. The number of carbonyl (C=O) groups excluding carboxylic acids is 1. The smallest absolute Gasteiger partial charge is 0.232 e. The summed E-state index contributed by atoms with van der Waals surface area (Å²) in [6, 6.07) is 9.88. The van der Waals surface area contributed by atoms with Crippen LogP contribution in [0.15, 0.2) is 30.3 Å². The van der Waals surface area contributed by atoms with Gasteiger partial charge in [0.2, 0.25) is 11.0 Å². The summed E-state index contributed by atoms with van der Waals surface area (Å²) in [7, 11) is 0. The van der Waals surface area contributed by atoms with Crippen LogP contribution in [0.3, 0.4) is 0 Å². The van der Waals surface area contributed by atoms with Gasteiger partial charge in [-0.1, -0.05) is 30.3 Å². The SMILES string of the molecule is Cc1nsc(NC[C@H](C(=O)N2CCOCC2)c2ccccc2)n1. The quantitative estimate of drug-likeness (QED) is 0.906. The van der Waals surface area contributed by atoms with Crippen molar-refractivity contribution in [2.24, 2.45) is 0 Å². The Labute approximate surface area is 139 Å². The van der Waals surface area contributed by atoms with Gasteiger partial charge >= 0.3 is 0 Å². The van der Waals surface area contributed by atoms with Gasteiger partial charge in [-0.25, -0.2) is 4.98 Å². The van der Waals surface area contributed by atoms with Gasteiger partial charge in [-0.2, -0.15) is 4.37 Å². The predicted octanol–water partition coefficient (Wildman–Crippen LogP) is 1.90. The number of nitrogens with one attached hydrogen (secondary N) is 1. The highest BCUT2D eigenvalue weighted by molar-refractivity contribution is 7.09. The summed E-state index contributed by atoms with van der Waals surface area (Å²) in [6.45, 7) is 4.89. The minimum Gasteiger partial charge on any atom is -0.378 e. The van der Waals surface area contributed by atoms with E-state index in [4.69, 9.17) is 4.74 Å². The van der Waals surface area contributed by atoms with Crippen LogP contribution in [-0.2, 0) is 9.53 Å². The first-order valence-electron chi connectivity index (χ1n) is 7.69. The van der Waals surface area contributed by atoms with E-state index in [0.717, 1.165) is 16.5 Å². The number of ether oxygens (including phenoxy) is 1. The van der Waals surface area contributed by atoms with Crippen LogP contribution in [0.25, 0.3) is 0 Å². The monoisotopic (exact) mass is 332 g/mol. The summed E-state index contributed by atoms with van der Waals surface area (Å²) >= 11 is 1.32. The van der Waals surface area contributed by atoms with Crippen molar-refractivity contribution in [1.82, 2.24) is 14.3 Å². The molecule has 0 saturated carbocycles. The second kappa shape index (κ2) is 7.52. The Morgan fingerprint density at radius 1 is 1.35 bits per heavy atom. The highest BCUT2D eigenvalue weighted by atomic mass is 32.1. The Bertz CT molecular complexity index is 641. The van der Waals surface area contributed by atoms with E-state index in [-0.39, 0.29) is 11.8 Å². The molecule has 122 valence electrons. The zero-order valence-electron chi connectivity index (χ0n) is 13.1. The molecule has 23 heavy (non-hydrogen) atoms. The van der Waals surface area contributed by atoms with E-state index >= 15 is 0 Å². The molecule has 0 radical (unpaired) electrons. The standard InChI is InChI=1S/C16H20N4O2S/c1-12-18-16(23-19-12)17-11-14(13-5-3-2-4-6-13)15(21)20-7-9-22-10-8-20/h2-6,14H,7-11H2,1H3,(H,17,18,19)/t14-/m0/s1. The number of rotatable bonds is 5. The van der Waals surface area contributed by atoms with Crippen molar-refractivity contribution in [3.05, 3.63) is 41.7 Å². The summed E-state index contributed by atoms with van der Waals surface area (Å²) in [6.07, 6.45) is 0. The van der Waals surface area contributed by atoms with Gasteiger partial charge in [0, 0.05) is 31.2 Å². The number of hydrogen-bond acceptors (Lipinski definition) is 6. The molecule has 1 atom stereocenters. The molecule has 1 amide bonds. The number of aromatic nitrogens is 2. The fourth-order valence-corrected chi connectivity index (χ4v) is 3.18. The molecule has 0 spiro atoms. The molecule has 1 aromatic carbocycles. The Morgan fingerprint density at radius 3 is 2.74 bits per heavy atom. The first-order valence-corrected chi connectivity index (χ1v) is 8.47. The van der Waals surface area contributed by atoms with E-state index < -0.39 is 0 Å². The summed E-state index contributed by atoms with van der Waals surface area (Å²) in [4.78, 5) is 19.1. The van der Waals surface area contributed by atoms with Crippen LogP contribution in [0.5, 0.6) is 0 Å². The summed E-state index contributed by atoms with van der Waals surface area (Å²) in [5.74, 6) is 0.639. The Kier molecular flexibility index (Phi) is 5.19. The lowest BCUT2D eigenvalue weighted by Gasteiger charge is -2.30. The first kappa shape index (κ1) is 15.9. The van der Waals surface area contributed by atoms with Crippen LogP contribution in [0.2, 0.25) is 0 Å². The molecule has 7 heteroatoms. The normalized spacial score (nSPS) is 16.1. The number of aryl methyl sites for hydroxylation is 1. The average Bonchev–Trinajstić information content (AvgIpc) is 3.02. The molecule has 6 nitrogen and oxygen atoms in total. The fraction of sp³-hybridized carbons (Fsp3) is 0.438. The summed E-state index contributed by atoms with van der Waals surface area (Å²) in [5, 5.41) is 4.00. The lowest BCUT2D eigenvalue weighted by atomic mass is 9.97. The van der Waals surface area contributed by atoms with E-state index in [2.05, 4.69) is 14.7 Å². The Balaban J connectivity index is 1.74. The van der Waals surface area contributed by atoms with Gasteiger partial charge in [0.15, 0.2) is 0 Å². The zero-order chi connectivity index (χ0) is 16.1. The number of carbonyl (C=O) groups is 1. The van der Waals surface area contributed by atoms with Crippen molar-refractivity contribution in [3.63, 3.8) is 0 Å². The Morgan fingerprint density at radius 2 is 2.09 bits per heavy atom. The fourth-order valence-electron chi connectivity index (χ4n) is 2.60. The van der Waals surface area contributed by atoms with Gasteiger partial charge in [0.1, 0.15) is 5.82 Å². The number of nitrogens with zero attached hydrogens (tertiary/aromatic N) is 3. The van der Waals surface area contributed by atoms with Crippen LogP contribution >= 0.6 is 11.5 Å².